The summed E-state index contributed by atoms with van der Waals surface area (Å²) < 4.78 is 19.0. The minimum atomic E-state index is -0.227. The normalized spacial score (nSPS) is 11.7. The number of hydrogen-bond donors (Lipinski definition) is 2. The number of nitrogens with zero attached hydrogens (tertiary/aromatic N) is 1. The van der Waals surface area contributed by atoms with E-state index in [4.69, 9.17) is 4.42 Å². The molecule has 2 aromatic rings. The fourth-order valence-corrected chi connectivity index (χ4v) is 2.02. The van der Waals surface area contributed by atoms with Gasteiger partial charge in [-0.3, -0.25) is 0 Å². The maximum absolute atomic E-state index is 13.7. The van der Waals surface area contributed by atoms with Crippen molar-refractivity contribution in [2.24, 2.45) is 10.9 Å². The van der Waals surface area contributed by atoms with Crippen LogP contribution in [0.2, 0.25) is 0 Å². The Labute approximate surface area is 136 Å². The van der Waals surface area contributed by atoms with E-state index in [1.54, 1.807) is 18.4 Å². The average Bonchev–Trinajstić information content (AvgIpc) is 3.04. The molecule has 0 fully saturated rings. The van der Waals surface area contributed by atoms with Gasteiger partial charge in [0.05, 0.1) is 12.8 Å². The molecule has 23 heavy (non-hydrogen) atoms. The van der Waals surface area contributed by atoms with Crippen molar-refractivity contribution in [3.63, 3.8) is 0 Å². The number of guanidine groups is 1. The summed E-state index contributed by atoms with van der Waals surface area (Å²) in [5.74, 6) is 1.89. The van der Waals surface area contributed by atoms with Crippen LogP contribution in [0.1, 0.15) is 25.2 Å². The van der Waals surface area contributed by atoms with Crippen LogP contribution in [0, 0.1) is 11.7 Å². The van der Waals surface area contributed by atoms with Gasteiger partial charge in [-0.2, -0.15) is 0 Å². The van der Waals surface area contributed by atoms with Crippen molar-refractivity contribution in [1.82, 2.24) is 10.6 Å². The van der Waals surface area contributed by atoms with Gasteiger partial charge < -0.3 is 15.1 Å². The molecule has 1 aromatic heterocycles. The highest BCUT2D eigenvalue weighted by Gasteiger charge is 2.04. The summed E-state index contributed by atoms with van der Waals surface area (Å²) in [5, 5.41) is 6.53. The van der Waals surface area contributed by atoms with Gasteiger partial charge in [0.25, 0.3) is 0 Å². The minimum Gasteiger partial charge on any atom is -0.469 e. The van der Waals surface area contributed by atoms with E-state index in [1.165, 1.54) is 6.07 Å². The molecule has 0 radical (unpaired) electrons. The summed E-state index contributed by atoms with van der Waals surface area (Å²) in [7, 11) is 0. The second-order valence-corrected chi connectivity index (χ2v) is 5.79. The number of benzene rings is 1. The fraction of sp³-hybridized carbons (Fsp3) is 0.389. The first-order valence-electron chi connectivity index (χ1n) is 7.93. The molecule has 1 heterocycles. The maximum atomic E-state index is 13.7. The van der Waals surface area contributed by atoms with Crippen LogP contribution >= 0.6 is 0 Å². The Morgan fingerprint density at radius 3 is 2.70 bits per heavy atom. The van der Waals surface area contributed by atoms with Crippen molar-refractivity contribution in [3.8, 4) is 0 Å². The first kappa shape index (κ1) is 17.1. The predicted molar refractivity (Wildman–Crippen MR) is 90.8 cm³/mol. The van der Waals surface area contributed by atoms with Crippen molar-refractivity contribution < 1.29 is 8.81 Å². The van der Waals surface area contributed by atoms with E-state index in [2.05, 4.69) is 29.5 Å². The molecule has 1 aromatic carbocycles. The quantitative estimate of drug-likeness (QED) is 0.608. The van der Waals surface area contributed by atoms with Gasteiger partial charge in [-0.25, -0.2) is 9.38 Å². The Morgan fingerprint density at radius 2 is 2.00 bits per heavy atom. The Hall–Kier alpha value is -2.30. The second kappa shape index (κ2) is 8.98. The molecule has 0 unspecified atom stereocenters. The SMILES string of the molecule is CC(C)CNC(=NCc1ccccc1F)NCCc1ccco1. The van der Waals surface area contributed by atoms with Crippen molar-refractivity contribution in [2.45, 2.75) is 26.8 Å². The van der Waals surface area contributed by atoms with Crippen molar-refractivity contribution in [1.29, 1.82) is 0 Å². The summed E-state index contributed by atoms with van der Waals surface area (Å²) >= 11 is 0. The van der Waals surface area contributed by atoms with E-state index in [9.17, 15) is 4.39 Å². The van der Waals surface area contributed by atoms with Crippen LogP contribution in [-0.4, -0.2) is 19.0 Å². The summed E-state index contributed by atoms with van der Waals surface area (Å²) in [6.45, 7) is 6.08. The van der Waals surface area contributed by atoms with Crippen LogP contribution in [0.15, 0.2) is 52.1 Å². The molecule has 2 rings (SSSR count). The zero-order chi connectivity index (χ0) is 16.5. The smallest absolute Gasteiger partial charge is 0.191 e. The molecule has 124 valence electrons. The average molecular weight is 317 g/mol. The molecule has 2 N–H and O–H groups in total. The van der Waals surface area contributed by atoms with Gasteiger partial charge in [-0.05, 0) is 24.1 Å². The third-order valence-corrected chi connectivity index (χ3v) is 3.29. The molecule has 0 aliphatic rings. The summed E-state index contributed by atoms with van der Waals surface area (Å²) in [6, 6.07) is 10.5. The molecule has 0 amide bonds. The third kappa shape index (κ3) is 6.14. The third-order valence-electron chi connectivity index (χ3n) is 3.29. The maximum Gasteiger partial charge on any atom is 0.191 e. The highest BCUT2D eigenvalue weighted by Crippen LogP contribution is 2.07. The summed E-state index contributed by atoms with van der Waals surface area (Å²) in [4.78, 5) is 4.47. The lowest BCUT2D eigenvalue weighted by Gasteiger charge is -2.14. The van der Waals surface area contributed by atoms with Gasteiger partial charge in [0.2, 0.25) is 0 Å². The van der Waals surface area contributed by atoms with E-state index in [0.29, 0.717) is 30.5 Å². The van der Waals surface area contributed by atoms with Crippen LogP contribution in [0.5, 0.6) is 0 Å². The van der Waals surface area contributed by atoms with E-state index >= 15 is 0 Å². The number of rotatable bonds is 7. The molecule has 0 aliphatic carbocycles. The summed E-state index contributed by atoms with van der Waals surface area (Å²) in [6.07, 6.45) is 2.44. The lowest BCUT2D eigenvalue weighted by Crippen LogP contribution is -2.40. The van der Waals surface area contributed by atoms with Gasteiger partial charge in [0, 0.05) is 25.1 Å². The van der Waals surface area contributed by atoms with Crippen LogP contribution in [0.25, 0.3) is 0 Å². The lowest BCUT2D eigenvalue weighted by atomic mass is 10.2. The number of halogens is 1. The predicted octanol–water partition coefficient (Wildman–Crippen LogP) is 3.35. The van der Waals surface area contributed by atoms with Crippen LogP contribution in [0.3, 0.4) is 0 Å². The topological polar surface area (TPSA) is 49.6 Å². The standard InChI is InChI=1S/C18H24FN3O/c1-14(2)12-21-18(20-10-9-16-7-5-11-23-16)22-13-15-6-3-4-8-17(15)19/h3-8,11,14H,9-10,12-13H2,1-2H3,(H2,20,21,22). The van der Waals surface area contributed by atoms with Gasteiger partial charge in [-0.1, -0.05) is 32.0 Å². The lowest BCUT2D eigenvalue weighted by molar-refractivity contribution is 0.506. The molecule has 0 saturated heterocycles. The largest absolute Gasteiger partial charge is 0.469 e. The monoisotopic (exact) mass is 317 g/mol. The molecule has 0 atom stereocenters. The molecule has 0 aliphatic heterocycles. The van der Waals surface area contributed by atoms with Crippen LogP contribution in [0.4, 0.5) is 4.39 Å². The molecule has 0 saturated carbocycles. The number of aliphatic imine (C=N–C) groups is 1. The zero-order valence-electron chi connectivity index (χ0n) is 13.7. The minimum absolute atomic E-state index is 0.227. The van der Waals surface area contributed by atoms with E-state index < -0.39 is 0 Å². The Morgan fingerprint density at radius 1 is 1.17 bits per heavy atom. The number of furan rings is 1. The Bertz CT molecular complexity index is 608. The second-order valence-electron chi connectivity index (χ2n) is 5.79. The van der Waals surface area contributed by atoms with Crippen molar-refractivity contribution in [3.05, 3.63) is 59.8 Å². The van der Waals surface area contributed by atoms with Crippen LogP contribution in [-0.2, 0) is 13.0 Å². The molecule has 4 nitrogen and oxygen atoms in total. The molecular weight excluding hydrogens is 293 g/mol. The molecular formula is C18H24FN3O. The molecule has 0 bridgehead atoms. The Balaban J connectivity index is 1.92. The first-order chi connectivity index (χ1) is 11.1. The molecule has 5 heteroatoms. The fourth-order valence-electron chi connectivity index (χ4n) is 2.02. The van der Waals surface area contributed by atoms with Gasteiger partial charge in [-0.15, -0.1) is 0 Å². The first-order valence-corrected chi connectivity index (χ1v) is 7.93. The van der Waals surface area contributed by atoms with E-state index in [0.717, 1.165) is 18.7 Å². The van der Waals surface area contributed by atoms with Crippen LogP contribution < -0.4 is 10.6 Å². The van der Waals surface area contributed by atoms with Crippen molar-refractivity contribution >= 4 is 5.96 Å². The van der Waals surface area contributed by atoms with Gasteiger partial charge in [0.15, 0.2) is 5.96 Å². The summed E-state index contributed by atoms with van der Waals surface area (Å²) in [5.41, 5.74) is 0.587. The molecule has 0 spiro atoms. The highest BCUT2D eigenvalue weighted by atomic mass is 19.1. The number of nitrogens with one attached hydrogen (secondary N) is 2. The Kier molecular flexibility index (Phi) is 6.66. The van der Waals surface area contributed by atoms with E-state index in [-0.39, 0.29) is 5.82 Å². The van der Waals surface area contributed by atoms with Gasteiger partial charge in [0.1, 0.15) is 11.6 Å². The van der Waals surface area contributed by atoms with Crippen molar-refractivity contribution in [2.75, 3.05) is 13.1 Å². The number of hydrogen-bond acceptors (Lipinski definition) is 2. The van der Waals surface area contributed by atoms with Gasteiger partial charge >= 0.3 is 0 Å². The zero-order valence-corrected chi connectivity index (χ0v) is 13.7. The van der Waals surface area contributed by atoms with E-state index in [1.807, 2.05) is 18.2 Å². The highest BCUT2D eigenvalue weighted by molar-refractivity contribution is 5.79.